The summed E-state index contributed by atoms with van der Waals surface area (Å²) in [5.74, 6) is 0.555. The van der Waals surface area contributed by atoms with E-state index in [9.17, 15) is 9.90 Å². The normalized spacial score (nSPS) is 33.2. The minimum Gasteiger partial charge on any atom is -0.444 e. The number of ether oxygens (including phenoxy) is 1. The van der Waals surface area contributed by atoms with Crippen LogP contribution in [0.25, 0.3) is 0 Å². The number of carbonyl (C=O) groups is 1. The summed E-state index contributed by atoms with van der Waals surface area (Å²) in [6, 6.07) is 0. The van der Waals surface area contributed by atoms with Crippen LogP contribution in [-0.2, 0) is 4.74 Å². The number of aliphatic hydroxyl groups is 1. The first-order chi connectivity index (χ1) is 7.36. The van der Waals surface area contributed by atoms with E-state index < -0.39 is 5.60 Å². The van der Waals surface area contributed by atoms with Gasteiger partial charge in [-0.1, -0.05) is 0 Å². The minimum atomic E-state index is -0.463. The van der Waals surface area contributed by atoms with Gasteiger partial charge in [0.2, 0.25) is 0 Å². The molecule has 1 aliphatic carbocycles. The highest BCUT2D eigenvalue weighted by molar-refractivity contribution is 5.70. The number of hydrogen-bond acceptors (Lipinski definition) is 3. The average Bonchev–Trinajstić information content (AvgIpc) is 2.72. The minimum absolute atomic E-state index is 0.0583. The topological polar surface area (TPSA) is 49.8 Å². The van der Waals surface area contributed by atoms with E-state index in [1.54, 1.807) is 4.90 Å². The summed E-state index contributed by atoms with van der Waals surface area (Å²) in [7, 11) is 0. The van der Waals surface area contributed by atoms with E-state index in [0.717, 1.165) is 25.8 Å². The lowest BCUT2D eigenvalue weighted by Gasteiger charge is -2.38. The molecule has 4 nitrogen and oxygen atoms in total. The molecule has 2 atom stereocenters. The molecule has 1 amide bonds. The zero-order valence-electron chi connectivity index (χ0n) is 10.3. The molecule has 1 heterocycles. The van der Waals surface area contributed by atoms with Crippen LogP contribution in [0.1, 0.15) is 40.0 Å². The van der Waals surface area contributed by atoms with Crippen molar-refractivity contribution in [1.82, 2.24) is 4.90 Å². The fraction of sp³-hybridized carbons (Fsp3) is 0.917. The first-order valence-corrected chi connectivity index (χ1v) is 5.98. The van der Waals surface area contributed by atoms with Gasteiger partial charge in [0.05, 0.1) is 12.1 Å². The van der Waals surface area contributed by atoms with Crippen LogP contribution in [0.3, 0.4) is 0 Å². The summed E-state index contributed by atoms with van der Waals surface area (Å²) in [6.07, 6.45) is 2.69. The fourth-order valence-electron chi connectivity index (χ4n) is 2.88. The maximum Gasteiger partial charge on any atom is 0.410 e. The number of nitrogens with zero attached hydrogens (tertiary/aromatic N) is 1. The predicted octanol–water partition coefficient (Wildman–Crippen LogP) is 1.77. The molecule has 2 bridgehead atoms. The van der Waals surface area contributed by atoms with Crippen LogP contribution in [0.15, 0.2) is 0 Å². The molecular formula is C12H21NO3. The second kappa shape index (κ2) is 3.62. The molecule has 0 radical (unpaired) electrons. The monoisotopic (exact) mass is 227 g/mol. The largest absolute Gasteiger partial charge is 0.444 e. The Balaban J connectivity index is 2.08. The molecule has 92 valence electrons. The maximum absolute atomic E-state index is 12.0. The number of amides is 1. The second-order valence-corrected chi connectivity index (χ2v) is 6.08. The summed E-state index contributed by atoms with van der Waals surface area (Å²) < 4.78 is 5.38. The summed E-state index contributed by atoms with van der Waals surface area (Å²) in [5.41, 5.74) is -0.789. The smallest absolute Gasteiger partial charge is 0.410 e. The van der Waals surface area contributed by atoms with Crippen molar-refractivity contribution in [2.75, 3.05) is 13.2 Å². The zero-order valence-corrected chi connectivity index (χ0v) is 10.3. The van der Waals surface area contributed by atoms with E-state index >= 15 is 0 Å². The van der Waals surface area contributed by atoms with Crippen LogP contribution in [0, 0.1) is 5.92 Å². The predicted molar refractivity (Wildman–Crippen MR) is 60.1 cm³/mol. The molecule has 2 aliphatic rings. The number of piperidine rings is 1. The Kier molecular flexibility index (Phi) is 2.65. The lowest BCUT2D eigenvalue weighted by molar-refractivity contribution is -0.00943. The van der Waals surface area contributed by atoms with Crippen molar-refractivity contribution >= 4 is 6.09 Å². The summed E-state index contributed by atoms with van der Waals surface area (Å²) in [4.78, 5) is 13.7. The molecule has 0 aromatic heterocycles. The molecule has 1 N–H and O–H groups in total. The van der Waals surface area contributed by atoms with Crippen LogP contribution in [-0.4, -0.2) is 40.4 Å². The third-order valence-corrected chi connectivity index (χ3v) is 3.61. The van der Waals surface area contributed by atoms with Gasteiger partial charge in [-0.2, -0.15) is 0 Å². The van der Waals surface area contributed by atoms with Crippen LogP contribution in [0.2, 0.25) is 0 Å². The van der Waals surface area contributed by atoms with Gasteiger partial charge in [0, 0.05) is 6.54 Å². The van der Waals surface area contributed by atoms with Crippen molar-refractivity contribution in [2.45, 2.75) is 51.2 Å². The Bertz CT molecular complexity index is 297. The molecule has 0 aromatic rings. The van der Waals surface area contributed by atoms with Gasteiger partial charge in [0.15, 0.2) is 0 Å². The van der Waals surface area contributed by atoms with Gasteiger partial charge in [-0.3, -0.25) is 4.90 Å². The van der Waals surface area contributed by atoms with E-state index in [1.807, 2.05) is 20.8 Å². The van der Waals surface area contributed by atoms with Crippen molar-refractivity contribution in [2.24, 2.45) is 5.92 Å². The standard InChI is InChI=1S/C12H21NO3/c1-11(2,3)16-10(15)13-7-9-4-5-12(13,6-9)8-14/h9,14H,4-8H2,1-3H3/t9-,12+/m1/s1. The lowest BCUT2D eigenvalue weighted by Crippen LogP contribution is -2.52. The van der Waals surface area contributed by atoms with Crippen molar-refractivity contribution in [3.8, 4) is 0 Å². The van der Waals surface area contributed by atoms with Gasteiger partial charge in [-0.05, 0) is 46.0 Å². The number of rotatable bonds is 1. The summed E-state index contributed by atoms with van der Waals surface area (Å²) in [5, 5.41) is 9.51. The molecule has 2 rings (SSSR count). The van der Waals surface area contributed by atoms with Gasteiger partial charge in [0.25, 0.3) is 0 Å². The van der Waals surface area contributed by atoms with Crippen molar-refractivity contribution in [3.63, 3.8) is 0 Å². The van der Waals surface area contributed by atoms with Crippen LogP contribution < -0.4 is 0 Å². The number of aliphatic hydroxyl groups excluding tert-OH is 1. The van der Waals surface area contributed by atoms with E-state index in [0.29, 0.717) is 5.92 Å². The molecule has 4 heteroatoms. The van der Waals surface area contributed by atoms with Gasteiger partial charge in [-0.15, -0.1) is 0 Å². The highest BCUT2D eigenvalue weighted by Gasteiger charge is 2.53. The highest BCUT2D eigenvalue weighted by Crippen LogP contribution is 2.46. The lowest BCUT2D eigenvalue weighted by atomic mass is 9.99. The molecule has 0 aromatic carbocycles. The zero-order chi connectivity index (χ0) is 12.0. The second-order valence-electron chi connectivity index (χ2n) is 6.08. The van der Waals surface area contributed by atoms with Crippen LogP contribution in [0.5, 0.6) is 0 Å². The van der Waals surface area contributed by atoms with Gasteiger partial charge < -0.3 is 9.84 Å². The molecule has 0 unspecified atom stereocenters. The number of likely N-dealkylation sites (tertiary alicyclic amines) is 1. The summed E-state index contributed by atoms with van der Waals surface area (Å²) >= 11 is 0. The molecule has 1 saturated heterocycles. The molecular weight excluding hydrogens is 206 g/mol. The fourth-order valence-corrected chi connectivity index (χ4v) is 2.88. The Morgan fingerprint density at radius 1 is 1.56 bits per heavy atom. The van der Waals surface area contributed by atoms with Gasteiger partial charge in [-0.25, -0.2) is 4.79 Å². The Labute approximate surface area is 96.6 Å². The molecule has 1 aliphatic heterocycles. The van der Waals surface area contributed by atoms with E-state index in [2.05, 4.69) is 0 Å². The third-order valence-electron chi connectivity index (χ3n) is 3.61. The van der Waals surface area contributed by atoms with Gasteiger partial charge in [0.1, 0.15) is 5.60 Å². The summed E-state index contributed by atoms with van der Waals surface area (Å²) in [6.45, 7) is 6.40. The SMILES string of the molecule is CC(C)(C)OC(=O)N1C[C@@H]2CC[C@@]1(CO)C2. The number of fused-ring (bicyclic) bond motifs is 2. The Morgan fingerprint density at radius 3 is 2.75 bits per heavy atom. The number of carbonyl (C=O) groups excluding carboxylic acids is 1. The first-order valence-electron chi connectivity index (χ1n) is 5.98. The van der Waals surface area contributed by atoms with Crippen LogP contribution >= 0.6 is 0 Å². The molecule has 16 heavy (non-hydrogen) atoms. The van der Waals surface area contributed by atoms with Crippen molar-refractivity contribution < 1.29 is 14.6 Å². The maximum atomic E-state index is 12.0. The van der Waals surface area contributed by atoms with Crippen molar-refractivity contribution in [3.05, 3.63) is 0 Å². The Morgan fingerprint density at radius 2 is 2.25 bits per heavy atom. The Hall–Kier alpha value is -0.770. The van der Waals surface area contributed by atoms with Crippen molar-refractivity contribution in [1.29, 1.82) is 0 Å². The van der Waals surface area contributed by atoms with Crippen LogP contribution in [0.4, 0.5) is 4.79 Å². The quantitative estimate of drug-likeness (QED) is 0.742. The highest BCUT2D eigenvalue weighted by atomic mass is 16.6. The average molecular weight is 227 g/mol. The van der Waals surface area contributed by atoms with E-state index in [1.165, 1.54) is 0 Å². The third kappa shape index (κ3) is 1.90. The van der Waals surface area contributed by atoms with Gasteiger partial charge >= 0.3 is 6.09 Å². The van der Waals surface area contributed by atoms with E-state index in [-0.39, 0.29) is 18.2 Å². The van der Waals surface area contributed by atoms with E-state index in [4.69, 9.17) is 4.74 Å². The molecule has 0 spiro atoms. The first kappa shape index (κ1) is 11.7. The molecule has 1 saturated carbocycles. The number of hydrogen-bond donors (Lipinski definition) is 1. The molecule has 2 fully saturated rings.